The van der Waals surface area contributed by atoms with E-state index < -0.39 is 0 Å². The van der Waals surface area contributed by atoms with Crippen molar-refractivity contribution in [3.63, 3.8) is 0 Å². The van der Waals surface area contributed by atoms with E-state index in [0.717, 1.165) is 37.0 Å². The zero-order valence-corrected chi connectivity index (χ0v) is 19.9. The molecule has 4 nitrogen and oxygen atoms in total. The van der Waals surface area contributed by atoms with E-state index >= 15 is 0 Å². The largest absolute Gasteiger partial charge is 0.350 e. The van der Waals surface area contributed by atoms with Gasteiger partial charge in [-0.1, -0.05) is 72.3 Å². The standard InChI is InChI=1S/C30H33N3O/c1-23-9-11-25(12-10-23)27-14-13-26-15-18-33(29(26)20-27)22-30(34)31-28(21-32-16-5-6-17-32)19-24-7-3-2-4-8-24/h2-4,7-15,18,20,28H,5-6,16-17,19,21-22H2,1H3,(H,31,34). The van der Waals surface area contributed by atoms with Crippen molar-refractivity contribution in [2.45, 2.75) is 38.8 Å². The molecule has 1 aliphatic rings. The van der Waals surface area contributed by atoms with Crippen molar-refractivity contribution in [1.29, 1.82) is 0 Å². The second kappa shape index (κ2) is 10.3. The van der Waals surface area contributed by atoms with Gasteiger partial charge in [-0.3, -0.25) is 4.79 Å². The number of nitrogens with one attached hydrogen (secondary N) is 1. The molecule has 0 bridgehead atoms. The van der Waals surface area contributed by atoms with Gasteiger partial charge in [0.25, 0.3) is 0 Å². The van der Waals surface area contributed by atoms with Crippen LogP contribution in [0.15, 0.2) is 85.1 Å². The molecule has 1 N–H and O–H groups in total. The minimum Gasteiger partial charge on any atom is -0.350 e. The molecule has 0 spiro atoms. The Morgan fingerprint density at radius 1 is 0.912 bits per heavy atom. The van der Waals surface area contributed by atoms with E-state index in [1.54, 1.807) is 0 Å². The van der Waals surface area contributed by atoms with Gasteiger partial charge in [-0.2, -0.15) is 0 Å². The smallest absolute Gasteiger partial charge is 0.240 e. The second-order valence-corrected chi connectivity index (χ2v) is 9.55. The topological polar surface area (TPSA) is 37.3 Å². The van der Waals surface area contributed by atoms with Crippen molar-refractivity contribution in [2.24, 2.45) is 0 Å². The minimum atomic E-state index is 0.0679. The van der Waals surface area contributed by atoms with Gasteiger partial charge in [-0.25, -0.2) is 0 Å². The molecule has 0 radical (unpaired) electrons. The van der Waals surface area contributed by atoms with Crippen LogP contribution >= 0.6 is 0 Å². The van der Waals surface area contributed by atoms with Gasteiger partial charge in [0.1, 0.15) is 6.54 Å². The number of aryl methyl sites for hydroxylation is 1. The van der Waals surface area contributed by atoms with Crippen LogP contribution in [0.2, 0.25) is 0 Å². The van der Waals surface area contributed by atoms with Gasteiger partial charge in [-0.05, 0) is 73.5 Å². The lowest BCUT2D eigenvalue weighted by Gasteiger charge is -2.25. The molecular weight excluding hydrogens is 418 g/mol. The van der Waals surface area contributed by atoms with E-state index in [1.165, 1.54) is 35.1 Å². The number of carbonyl (C=O) groups is 1. The van der Waals surface area contributed by atoms with Crippen molar-refractivity contribution in [2.75, 3.05) is 19.6 Å². The Balaban J connectivity index is 1.31. The van der Waals surface area contributed by atoms with Gasteiger partial charge in [0.15, 0.2) is 0 Å². The van der Waals surface area contributed by atoms with E-state index in [0.29, 0.717) is 6.54 Å². The summed E-state index contributed by atoms with van der Waals surface area (Å²) >= 11 is 0. The maximum Gasteiger partial charge on any atom is 0.240 e. The zero-order chi connectivity index (χ0) is 23.3. The van der Waals surface area contributed by atoms with Gasteiger partial charge in [0, 0.05) is 24.3 Å². The van der Waals surface area contributed by atoms with Gasteiger partial charge in [0.2, 0.25) is 5.91 Å². The van der Waals surface area contributed by atoms with Gasteiger partial charge in [0.05, 0.1) is 0 Å². The SMILES string of the molecule is Cc1ccc(-c2ccc3ccn(CC(=O)NC(Cc4ccccc4)CN4CCCC4)c3c2)cc1. The van der Waals surface area contributed by atoms with E-state index in [2.05, 4.69) is 94.5 Å². The summed E-state index contributed by atoms with van der Waals surface area (Å²) < 4.78 is 2.07. The molecule has 4 aromatic rings. The summed E-state index contributed by atoms with van der Waals surface area (Å²) in [5.74, 6) is 0.0679. The number of hydrogen-bond donors (Lipinski definition) is 1. The number of amides is 1. The molecule has 1 aliphatic heterocycles. The molecule has 5 rings (SSSR count). The monoisotopic (exact) mass is 451 g/mol. The molecule has 4 heteroatoms. The number of fused-ring (bicyclic) bond motifs is 1. The van der Waals surface area contributed by atoms with E-state index in [4.69, 9.17) is 0 Å². The number of aromatic nitrogens is 1. The fourth-order valence-electron chi connectivity index (χ4n) is 5.01. The summed E-state index contributed by atoms with van der Waals surface area (Å²) in [6, 6.07) is 27.8. The van der Waals surface area contributed by atoms with Crippen molar-refractivity contribution < 1.29 is 4.79 Å². The van der Waals surface area contributed by atoms with Crippen LogP contribution in [0.5, 0.6) is 0 Å². The minimum absolute atomic E-state index is 0.0679. The van der Waals surface area contributed by atoms with Crippen LogP contribution in [-0.4, -0.2) is 41.1 Å². The van der Waals surface area contributed by atoms with Crippen molar-refractivity contribution in [1.82, 2.24) is 14.8 Å². The maximum absolute atomic E-state index is 13.2. The van der Waals surface area contributed by atoms with Crippen LogP contribution in [-0.2, 0) is 17.8 Å². The fourth-order valence-corrected chi connectivity index (χ4v) is 5.01. The molecule has 1 atom stereocenters. The van der Waals surface area contributed by atoms with Crippen LogP contribution in [0.3, 0.4) is 0 Å². The Labute approximate surface area is 202 Å². The first-order valence-corrected chi connectivity index (χ1v) is 12.4. The van der Waals surface area contributed by atoms with Crippen LogP contribution in [0.4, 0.5) is 0 Å². The van der Waals surface area contributed by atoms with E-state index in [1.807, 2.05) is 12.3 Å². The Bertz CT molecular complexity index is 1240. The highest BCUT2D eigenvalue weighted by Gasteiger charge is 2.20. The molecule has 0 aliphatic carbocycles. The lowest BCUT2D eigenvalue weighted by Crippen LogP contribution is -2.45. The predicted molar refractivity (Wildman–Crippen MR) is 140 cm³/mol. The maximum atomic E-state index is 13.2. The number of likely N-dealkylation sites (tertiary alicyclic amines) is 1. The zero-order valence-electron chi connectivity index (χ0n) is 19.9. The molecule has 1 unspecified atom stereocenters. The van der Waals surface area contributed by atoms with Crippen LogP contribution in [0, 0.1) is 6.92 Å². The average Bonchev–Trinajstić information content (AvgIpc) is 3.50. The average molecular weight is 452 g/mol. The highest BCUT2D eigenvalue weighted by atomic mass is 16.2. The first kappa shape index (κ1) is 22.4. The summed E-state index contributed by atoms with van der Waals surface area (Å²) in [4.78, 5) is 15.6. The molecule has 1 saturated heterocycles. The Morgan fingerprint density at radius 3 is 2.41 bits per heavy atom. The normalized spacial score (nSPS) is 15.0. The lowest BCUT2D eigenvalue weighted by atomic mass is 10.0. The molecule has 1 amide bonds. The molecule has 1 aromatic heterocycles. The highest BCUT2D eigenvalue weighted by Crippen LogP contribution is 2.25. The molecule has 174 valence electrons. The lowest BCUT2D eigenvalue weighted by molar-refractivity contribution is -0.122. The molecule has 1 fully saturated rings. The number of hydrogen-bond acceptors (Lipinski definition) is 2. The van der Waals surface area contributed by atoms with Crippen molar-refractivity contribution in [3.8, 4) is 11.1 Å². The summed E-state index contributed by atoms with van der Waals surface area (Å²) in [6.07, 6.45) is 5.39. The molecule has 3 aromatic carbocycles. The first-order chi connectivity index (χ1) is 16.6. The third-order valence-corrected chi connectivity index (χ3v) is 6.84. The van der Waals surface area contributed by atoms with Gasteiger partial charge in [-0.15, -0.1) is 0 Å². The fraction of sp³-hybridized carbons (Fsp3) is 0.300. The van der Waals surface area contributed by atoms with E-state index in [9.17, 15) is 4.79 Å². The van der Waals surface area contributed by atoms with Crippen molar-refractivity contribution >= 4 is 16.8 Å². The number of carbonyl (C=O) groups excluding carboxylic acids is 1. The Morgan fingerprint density at radius 2 is 1.65 bits per heavy atom. The summed E-state index contributed by atoms with van der Waals surface area (Å²) in [6.45, 7) is 5.60. The molecule has 34 heavy (non-hydrogen) atoms. The van der Waals surface area contributed by atoms with E-state index in [-0.39, 0.29) is 11.9 Å². The number of benzene rings is 3. The summed E-state index contributed by atoms with van der Waals surface area (Å²) in [7, 11) is 0. The molecule has 2 heterocycles. The number of rotatable bonds is 8. The molecular formula is C30H33N3O. The van der Waals surface area contributed by atoms with Crippen molar-refractivity contribution in [3.05, 3.63) is 96.2 Å². The van der Waals surface area contributed by atoms with Gasteiger partial charge < -0.3 is 14.8 Å². The quantitative estimate of drug-likeness (QED) is 0.387. The summed E-state index contributed by atoms with van der Waals surface area (Å²) in [5, 5.41) is 4.50. The second-order valence-electron chi connectivity index (χ2n) is 9.55. The van der Waals surface area contributed by atoms with Crippen LogP contribution in [0.25, 0.3) is 22.0 Å². The number of nitrogens with zero attached hydrogens (tertiary/aromatic N) is 2. The third kappa shape index (κ3) is 5.40. The Kier molecular flexibility index (Phi) is 6.77. The third-order valence-electron chi connectivity index (χ3n) is 6.84. The van der Waals surface area contributed by atoms with Gasteiger partial charge >= 0.3 is 0 Å². The first-order valence-electron chi connectivity index (χ1n) is 12.4. The highest BCUT2D eigenvalue weighted by molar-refractivity contribution is 5.87. The Hall–Kier alpha value is -3.37. The summed E-state index contributed by atoms with van der Waals surface area (Å²) in [5.41, 5.74) is 5.97. The predicted octanol–water partition coefficient (Wildman–Crippen LogP) is 5.44. The molecule has 0 saturated carbocycles. The van der Waals surface area contributed by atoms with Crippen LogP contribution in [0.1, 0.15) is 24.0 Å². The van der Waals surface area contributed by atoms with Crippen LogP contribution < -0.4 is 5.32 Å².